The molecule has 4 heteroatoms. The summed E-state index contributed by atoms with van der Waals surface area (Å²) in [7, 11) is 0. The fraction of sp³-hybridized carbons (Fsp3) is 0.222. The van der Waals surface area contributed by atoms with E-state index in [9.17, 15) is 8.78 Å². The van der Waals surface area contributed by atoms with Gasteiger partial charge in [-0.1, -0.05) is 0 Å². The van der Waals surface area contributed by atoms with Crippen LogP contribution in [0.4, 0.5) is 14.5 Å². The van der Waals surface area contributed by atoms with Gasteiger partial charge in [0, 0.05) is 6.07 Å². The molecule has 1 aromatic rings. The van der Waals surface area contributed by atoms with Gasteiger partial charge in [-0.25, -0.2) is 13.8 Å². The second kappa shape index (κ2) is 4.54. The normalized spacial score (nSPS) is 10.7. The van der Waals surface area contributed by atoms with Crippen LogP contribution < -0.4 is 0 Å². The molecule has 1 rings (SSSR count). The Kier molecular flexibility index (Phi) is 3.37. The summed E-state index contributed by atoms with van der Waals surface area (Å²) in [5.74, 6) is -1.32. The van der Waals surface area contributed by atoms with Crippen molar-refractivity contribution >= 4 is 12.1 Å². The van der Waals surface area contributed by atoms with E-state index in [1.165, 1.54) is 6.07 Å². The van der Waals surface area contributed by atoms with Crippen molar-refractivity contribution in [1.82, 2.24) is 0 Å². The molecule has 0 saturated heterocycles. The maximum atomic E-state index is 12.9. The van der Waals surface area contributed by atoms with Crippen molar-refractivity contribution in [2.75, 3.05) is 6.61 Å². The van der Waals surface area contributed by atoms with Crippen molar-refractivity contribution in [3.8, 4) is 0 Å². The van der Waals surface area contributed by atoms with Gasteiger partial charge in [0.2, 0.25) is 0 Å². The summed E-state index contributed by atoms with van der Waals surface area (Å²) >= 11 is 0. The van der Waals surface area contributed by atoms with E-state index in [2.05, 4.69) is 4.99 Å². The number of rotatable bonds is 3. The number of benzene rings is 1. The molecule has 2 nitrogen and oxygen atoms in total. The molecule has 0 atom stereocenters. The molecule has 0 aliphatic carbocycles. The molecule has 0 unspecified atom stereocenters. The number of nitrogens with zero attached hydrogens (tertiary/aromatic N) is 1. The van der Waals surface area contributed by atoms with Crippen LogP contribution in [0.2, 0.25) is 0 Å². The minimum absolute atomic E-state index is 0.0647. The van der Waals surface area contributed by atoms with E-state index in [4.69, 9.17) is 4.74 Å². The van der Waals surface area contributed by atoms with E-state index in [0.29, 0.717) is 6.61 Å². The number of aliphatic imine (C=N–C) groups is 1. The van der Waals surface area contributed by atoms with Gasteiger partial charge in [0.1, 0.15) is 11.5 Å². The molecule has 0 spiro atoms. The van der Waals surface area contributed by atoms with Crippen molar-refractivity contribution in [3.63, 3.8) is 0 Å². The van der Waals surface area contributed by atoms with E-state index in [1.54, 1.807) is 6.92 Å². The minimum Gasteiger partial charge on any atom is -0.483 e. The average Bonchev–Trinajstić information content (AvgIpc) is 2.09. The third-order valence-corrected chi connectivity index (χ3v) is 1.34. The van der Waals surface area contributed by atoms with Gasteiger partial charge < -0.3 is 4.74 Å². The number of halogens is 2. The SMILES string of the molecule is CCOC=Nc1ccc(F)cc1F. The lowest BCUT2D eigenvalue weighted by Gasteiger charge is -1.96. The maximum Gasteiger partial charge on any atom is 0.174 e. The highest BCUT2D eigenvalue weighted by atomic mass is 19.1. The Bertz CT molecular complexity index is 312. The van der Waals surface area contributed by atoms with Gasteiger partial charge in [0.15, 0.2) is 12.2 Å². The van der Waals surface area contributed by atoms with E-state index in [-0.39, 0.29) is 5.69 Å². The topological polar surface area (TPSA) is 21.6 Å². The van der Waals surface area contributed by atoms with Gasteiger partial charge >= 0.3 is 0 Å². The second-order valence-electron chi connectivity index (χ2n) is 2.29. The highest BCUT2D eigenvalue weighted by Gasteiger charge is 2.00. The molecular weight excluding hydrogens is 176 g/mol. The fourth-order valence-corrected chi connectivity index (χ4v) is 0.755. The largest absolute Gasteiger partial charge is 0.483 e. The lowest BCUT2D eigenvalue weighted by atomic mass is 10.3. The van der Waals surface area contributed by atoms with Crippen LogP contribution in [0.5, 0.6) is 0 Å². The Morgan fingerprint density at radius 2 is 2.23 bits per heavy atom. The molecule has 0 radical (unpaired) electrons. The van der Waals surface area contributed by atoms with Crippen LogP contribution in [0.3, 0.4) is 0 Å². The quantitative estimate of drug-likeness (QED) is 0.524. The molecule has 0 bridgehead atoms. The second-order valence-corrected chi connectivity index (χ2v) is 2.29. The zero-order valence-corrected chi connectivity index (χ0v) is 7.13. The van der Waals surface area contributed by atoms with Crippen LogP contribution in [0, 0.1) is 11.6 Å². The molecule has 0 saturated carbocycles. The Labute approximate surface area is 74.9 Å². The van der Waals surface area contributed by atoms with E-state index in [1.807, 2.05) is 0 Å². The highest BCUT2D eigenvalue weighted by Crippen LogP contribution is 2.17. The lowest BCUT2D eigenvalue weighted by Crippen LogP contribution is -1.85. The van der Waals surface area contributed by atoms with Gasteiger partial charge in [0.05, 0.1) is 6.61 Å². The molecule has 0 N–H and O–H groups in total. The molecule has 0 aliphatic rings. The first kappa shape index (κ1) is 9.64. The fourth-order valence-electron chi connectivity index (χ4n) is 0.755. The van der Waals surface area contributed by atoms with Crippen LogP contribution in [0.15, 0.2) is 23.2 Å². The predicted octanol–water partition coefficient (Wildman–Crippen LogP) is 2.66. The summed E-state index contributed by atoms with van der Waals surface area (Å²) < 4.78 is 30.1. The molecule has 0 amide bonds. The molecule has 1 aromatic carbocycles. The van der Waals surface area contributed by atoms with Crippen LogP contribution >= 0.6 is 0 Å². The lowest BCUT2D eigenvalue weighted by molar-refractivity contribution is 0.343. The molecule has 13 heavy (non-hydrogen) atoms. The first-order valence-electron chi connectivity index (χ1n) is 3.83. The van der Waals surface area contributed by atoms with E-state index in [0.717, 1.165) is 18.5 Å². The summed E-state index contributed by atoms with van der Waals surface area (Å²) in [6.07, 6.45) is 1.14. The van der Waals surface area contributed by atoms with Crippen LogP contribution in [-0.2, 0) is 4.74 Å². The summed E-state index contributed by atoms with van der Waals surface area (Å²) in [6.45, 7) is 2.25. The third-order valence-electron chi connectivity index (χ3n) is 1.34. The Morgan fingerprint density at radius 1 is 1.46 bits per heavy atom. The third kappa shape index (κ3) is 2.82. The molecule has 0 aliphatic heterocycles. The van der Waals surface area contributed by atoms with Gasteiger partial charge in [0.25, 0.3) is 0 Å². The number of hydrogen-bond acceptors (Lipinski definition) is 2. The highest BCUT2D eigenvalue weighted by molar-refractivity contribution is 5.55. The van der Waals surface area contributed by atoms with Gasteiger partial charge in [-0.2, -0.15) is 0 Å². The summed E-state index contributed by atoms with van der Waals surface area (Å²) in [6, 6.07) is 3.17. The molecule has 0 heterocycles. The van der Waals surface area contributed by atoms with Crippen molar-refractivity contribution in [1.29, 1.82) is 0 Å². The van der Waals surface area contributed by atoms with Crippen molar-refractivity contribution in [2.24, 2.45) is 4.99 Å². The monoisotopic (exact) mass is 185 g/mol. The standard InChI is InChI=1S/C9H9F2NO/c1-2-13-6-12-9-4-3-7(10)5-8(9)11/h3-6H,2H2,1H3. The zero-order valence-electron chi connectivity index (χ0n) is 7.13. The van der Waals surface area contributed by atoms with Crippen LogP contribution in [0.25, 0.3) is 0 Å². The number of hydrogen-bond donors (Lipinski definition) is 0. The van der Waals surface area contributed by atoms with Crippen molar-refractivity contribution in [2.45, 2.75) is 6.92 Å². The Balaban J connectivity index is 2.77. The summed E-state index contributed by atoms with van der Waals surface area (Å²) in [5.41, 5.74) is 0.0647. The summed E-state index contributed by atoms with van der Waals surface area (Å²) in [4.78, 5) is 3.65. The Hall–Kier alpha value is -1.45. The predicted molar refractivity (Wildman–Crippen MR) is 46.1 cm³/mol. The summed E-state index contributed by atoms with van der Waals surface area (Å²) in [5, 5.41) is 0. The molecular formula is C9H9F2NO. The zero-order chi connectivity index (χ0) is 9.68. The number of ether oxygens (including phenoxy) is 1. The minimum atomic E-state index is -0.698. The van der Waals surface area contributed by atoms with Gasteiger partial charge in [-0.15, -0.1) is 0 Å². The molecule has 0 fully saturated rings. The smallest absolute Gasteiger partial charge is 0.174 e. The van der Waals surface area contributed by atoms with Crippen LogP contribution in [0.1, 0.15) is 6.92 Å². The maximum absolute atomic E-state index is 12.9. The van der Waals surface area contributed by atoms with Gasteiger partial charge in [-0.3, -0.25) is 0 Å². The van der Waals surface area contributed by atoms with Crippen molar-refractivity contribution < 1.29 is 13.5 Å². The van der Waals surface area contributed by atoms with E-state index >= 15 is 0 Å². The van der Waals surface area contributed by atoms with Gasteiger partial charge in [-0.05, 0) is 19.1 Å². The molecule has 0 aromatic heterocycles. The average molecular weight is 185 g/mol. The first-order valence-corrected chi connectivity index (χ1v) is 3.83. The van der Waals surface area contributed by atoms with Crippen LogP contribution in [-0.4, -0.2) is 13.0 Å². The Morgan fingerprint density at radius 3 is 2.85 bits per heavy atom. The van der Waals surface area contributed by atoms with Crippen molar-refractivity contribution in [3.05, 3.63) is 29.8 Å². The van der Waals surface area contributed by atoms with E-state index < -0.39 is 11.6 Å². The molecule has 70 valence electrons. The first-order chi connectivity index (χ1) is 6.24.